The third-order valence-corrected chi connectivity index (χ3v) is 6.27. The summed E-state index contributed by atoms with van der Waals surface area (Å²) in [6, 6.07) is 13.8. The summed E-state index contributed by atoms with van der Waals surface area (Å²) in [7, 11) is -3.63. The summed E-state index contributed by atoms with van der Waals surface area (Å²) >= 11 is 0. The summed E-state index contributed by atoms with van der Waals surface area (Å²) in [4.78, 5) is 12.8. The number of sulfonamides is 1. The van der Waals surface area contributed by atoms with Crippen LogP contribution < -0.4 is 10.0 Å². The molecule has 2 aromatic rings. The Hall–Kier alpha value is -2.34. The summed E-state index contributed by atoms with van der Waals surface area (Å²) < 4.78 is 27.6. The molecular formula is C21H26N2O3S. The molecule has 2 aromatic carbocycles. The van der Waals surface area contributed by atoms with Crippen molar-refractivity contribution in [1.29, 1.82) is 0 Å². The monoisotopic (exact) mass is 386 g/mol. The van der Waals surface area contributed by atoms with Crippen molar-refractivity contribution >= 4 is 21.6 Å². The van der Waals surface area contributed by atoms with Gasteiger partial charge in [-0.3, -0.25) is 9.52 Å². The minimum atomic E-state index is -3.63. The zero-order chi connectivity index (χ0) is 19.7. The third-order valence-electron chi connectivity index (χ3n) is 4.88. The Bertz CT molecular complexity index is 913. The summed E-state index contributed by atoms with van der Waals surface area (Å²) in [6.45, 7) is 6.70. The standard InChI is InChI=1S/C21H26N2O3S/c1-15(2)14-22-20(24)21(12-13-21)17-6-8-18(9-7-17)23-27(25,26)19-10-4-16(3)5-11-19/h4-11,15,23H,12-14H2,1-3H3,(H,22,24). The van der Waals surface area contributed by atoms with Gasteiger partial charge in [-0.05, 0) is 55.5 Å². The average Bonchev–Trinajstić information content (AvgIpc) is 3.42. The molecule has 1 fully saturated rings. The van der Waals surface area contributed by atoms with E-state index in [9.17, 15) is 13.2 Å². The van der Waals surface area contributed by atoms with Crippen LogP contribution in [0.15, 0.2) is 53.4 Å². The van der Waals surface area contributed by atoms with E-state index in [1.54, 1.807) is 36.4 Å². The molecule has 0 atom stereocenters. The zero-order valence-electron chi connectivity index (χ0n) is 16.0. The lowest BCUT2D eigenvalue weighted by atomic mass is 9.94. The van der Waals surface area contributed by atoms with Crippen LogP contribution >= 0.6 is 0 Å². The van der Waals surface area contributed by atoms with E-state index >= 15 is 0 Å². The molecule has 27 heavy (non-hydrogen) atoms. The second-order valence-corrected chi connectivity index (χ2v) is 9.36. The minimum absolute atomic E-state index is 0.0594. The number of aryl methyl sites for hydroxylation is 1. The van der Waals surface area contributed by atoms with Crippen molar-refractivity contribution in [1.82, 2.24) is 5.32 Å². The molecule has 5 nitrogen and oxygen atoms in total. The molecule has 144 valence electrons. The average molecular weight is 387 g/mol. The number of amides is 1. The van der Waals surface area contributed by atoms with Crippen molar-refractivity contribution in [3.8, 4) is 0 Å². The Balaban J connectivity index is 1.72. The Morgan fingerprint density at radius 1 is 1.04 bits per heavy atom. The first-order chi connectivity index (χ1) is 12.7. The molecule has 0 radical (unpaired) electrons. The van der Waals surface area contributed by atoms with Crippen LogP contribution in [-0.4, -0.2) is 20.9 Å². The van der Waals surface area contributed by atoms with Gasteiger partial charge in [0.25, 0.3) is 10.0 Å². The molecule has 2 N–H and O–H groups in total. The molecule has 1 saturated carbocycles. The first-order valence-electron chi connectivity index (χ1n) is 9.21. The van der Waals surface area contributed by atoms with Gasteiger partial charge in [0.15, 0.2) is 0 Å². The molecule has 6 heteroatoms. The predicted molar refractivity (Wildman–Crippen MR) is 107 cm³/mol. The Morgan fingerprint density at radius 2 is 1.63 bits per heavy atom. The maximum absolute atomic E-state index is 12.5. The number of carbonyl (C=O) groups is 1. The number of hydrogen-bond acceptors (Lipinski definition) is 3. The quantitative estimate of drug-likeness (QED) is 0.763. The molecular weight excluding hydrogens is 360 g/mol. The fourth-order valence-corrected chi connectivity index (χ4v) is 4.09. The number of hydrogen-bond donors (Lipinski definition) is 2. The van der Waals surface area contributed by atoms with Crippen LogP contribution in [0.3, 0.4) is 0 Å². The van der Waals surface area contributed by atoms with Crippen LogP contribution in [0.4, 0.5) is 5.69 Å². The SMILES string of the molecule is Cc1ccc(S(=O)(=O)Nc2ccc(C3(C(=O)NCC(C)C)CC3)cc2)cc1. The van der Waals surface area contributed by atoms with Crippen molar-refractivity contribution in [2.24, 2.45) is 5.92 Å². The number of benzene rings is 2. The molecule has 0 spiro atoms. The maximum Gasteiger partial charge on any atom is 0.261 e. The number of nitrogens with one attached hydrogen (secondary N) is 2. The Morgan fingerprint density at radius 3 is 2.15 bits per heavy atom. The lowest BCUT2D eigenvalue weighted by molar-refractivity contribution is -0.123. The molecule has 0 aromatic heterocycles. The lowest BCUT2D eigenvalue weighted by Gasteiger charge is -2.17. The van der Waals surface area contributed by atoms with Gasteiger partial charge in [0.05, 0.1) is 10.3 Å². The topological polar surface area (TPSA) is 75.3 Å². The van der Waals surface area contributed by atoms with Crippen molar-refractivity contribution in [2.75, 3.05) is 11.3 Å². The van der Waals surface area contributed by atoms with Gasteiger partial charge in [0.2, 0.25) is 5.91 Å². The van der Waals surface area contributed by atoms with E-state index in [1.807, 2.05) is 19.1 Å². The molecule has 3 rings (SSSR count). The predicted octanol–water partition coefficient (Wildman–Crippen LogP) is 3.60. The van der Waals surface area contributed by atoms with Crippen molar-refractivity contribution in [3.63, 3.8) is 0 Å². The third kappa shape index (κ3) is 4.33. The smallest absolute Gasteiger partial charge is 0.261 e. The van der Waals surface area contributed by atoms with E-state index in [2.05, 4.69) is 23.9 Å². The van der Waals surface area contributed by atoms with Crippen molar-refractivity contribution in [3.05, 3.63) is 59.7 Å². The Kier molecular flexibility index (Phi) is 5.29. The van der Waals surface area contributed by atoms with Crippen LogP contribution in [0, 0.1) is 12.8 Å². The van der Waals surface area contributed by atoms with Crippen LogP contribution in [-0.2, 0) is 20.2 Å². The maximum atomic E-state index is 12.5. The van der Waals surface area contributed by atoms with E-state index in [0.717, 1.165) is 24.0 Å². The first-order valence-corrected chi connectivity index (χ1v) is 10.7. The van der Waals surface area contributed by atoms with E-state index in [0.29, 0.717) is 18.2 Å². The molecule has 0 aliphatic heterocycles. The fraction of sp³-hybridized carbons (Fsp3) is 0.381. The second kappa shape index (κ2) is 7.35. The normalized spacial score (nSPS) is 15.4. The number of anilines is 1. The fourth-order valence-electron chi connectivity index (χ4n) is 3.03. The molecule has 0 bridgehead atoms. The van der Waals surface area contributed by atoms with Gasteiger partial charge in [0, 0.05) is 12.2 Å². The minimum Gasteiger partial charge on any atom is -0.355 e. The van der Waals surface area contributed by atoms with E-state index in [4.69, 9.17) is 0 Å². The highest BCUT2D eigenvalue weighted by molar-refractivity contribution is 7.92. The highest BCUT2D eigenvalue weighted by Crippen LogP contribution is 2.48. The highest BCUT2D eigenvalue weighted by atomic mass is 32.2. The molecule has 1 aliphatic carbocycles. The van der Waals surface area contributed by atoms with Crippen LogP contribution in [0.1, 0.15) is 37.8 Å². The molecule has 1 aliphatic rings. The number of carbonyl (C=O) groups excluding carboxylic acids is 1. The summed E-state index contributed by atoms with van der Waals surface area (Å²) in [5.74, 6) is 0.465. The van der Waals surface area contributed by atoms with Gasteiger partial charge >= 0.3 is 0 Å². The Labute approximate surface area is 161 Å². The van der Waals surface area contributed by atoms with E-state index < -0.39 is 15.4 Å². The van der Waals surface area contributed by atoms with Crippen molar-refractivity contribution < 1.29 is 13.2 Å². The van der Waals surface area contributed by atoms with Gasteiger partial charge in [0.1, 0.15) is 0 Å². The lowest BCUT2D eigenvalue weighted by Crippen LogP contribution is -2.36. The first kappa shape index (κ1) is 19.4. The van der Waals surface area contributed by atoms with Crippen LogP contribution in [0.25, 0.3) is 0 Å². The second-order valence-electron chi connectivity index (χ2n) is 7.68. The van der Waals surface area contributed by atoms with Gasteiger partial charge < -0.3 is 5.32 Å². The largest absolute Gasteiger partial charge is 0.355 e. The highest BCUT2D eigenvalue weighted by Gasteiger charge is 2.51. The zero-order valence-corrected chi connectivity index (χ0v) is 16.8. The van der Waals surface area contributed by atoms with Gasteiger partial charge in [-0.2, -0.15) is 0 Å². The number of rotatable bonds is 7. The van der Waals surface area contributed by atoms with Gasteiger partial charge in [-0.15, -0.1) is 0 Å². The molecule has 0 saturated heterocycles. The van der Waals surface area contributed by atoms with Crippen LogP contribution in [0.2, 0.25) is 0 Å². The van der Waals surface area contributed by atoms with E-state index in [1.165, 1.54) is 0 Å². The molecule has 0 unspecified atom stereocenters. The summed E-state index contributed by atoms with van der Waals surface area (Å²) in [6.07, 6.45) is 1.65. The van der Waals surface area contributed by atoms with Crippen LogP contribution in [0.5, 0.6) is 0 Å². The molecule has 1 amide bonds. The summed E-state index contributed by atoms with van der Waals surface area (Å²) in [5, 5.41) is 3.01. The summed E-state index contributed by atoms with van der Waals surface area (Å²) in [5.41, 5.74) is 1.96. The van der Waals surface area contributed by atoms with Gasteiger partial charge in [-0.25, -0.2) is 8.42 Å². The molecule has 0 heterocycles. The van der Waals surface area contributed by atoms with Crippen molar-refractivity contribution in [2.45, 2.75) is 43.9 Å². The van der Waals surface area contributed by atoms with E-state index in [-0.39, 0.29) is 10.8 Å². The van der Waals surface area contributed by atoms with Gasteiger partial charge in [-0.1, -0.05) is 43.7 Å².